The fourth-order valence-electron chi connectivity index (χ4n) is 2.23. The van der Waals surface area contributed by atoms with Crippen LogP contribution in [0, 0.1) is 5.92 Å². The topological polar surface area (TPSA) is 39.7 Å². The lowest BCUT2D eigenvalue weighted by Crippen LogP contribution is -2.42. The van der Waals surface area contributed by atoms with Crippen LogP contribution in [0.2, 0.25) is 0 Å². The van der Waals surface area contributed by atoms with Gasteiger partial charge in [0.25, 0.3) is 0 Å². The molecule has 1 aromatic carbocycles. The van der Waals surface area contributed by atoms with Crippen LogP contribution >= 0.6 is 24.0 Å². The summed E-state index contributed by atoms with van der Waals surface area (Å²) in [6.45, 7) is 5.15. The highest BCUT2D eigenvalue weighted by Crippen LogP contribution is 2.28. The number of aliphatic imine (C=N–C) groups is 1. The number of likely N-dealkylation sites (N-methyl/N-ethyl adjacent to an activating group) is 1. The second kappa shape index (κ2) is 9.25. The minimum atomic E-state index is 0. The molecule has 4 nitrogen and oxygen atoms in total. The van der Waals surface area contributed by atoms with E-state index in [0.29, 0.717) is 6.04 Å². The summed E-state index contributed by atoms with van der Waals surface area (Å²) < 4.78 is 0. The number of benzene rings is 1. The van der Waals surface area contributed by atoms with E-state index in [9.17, 15) is 0 Å². The molecule has 0 aromatic heterocycles. The van der Waals surface area contributed by atoms with Crippen LogP contribution in [-0.4, -0.2) is 44.1 Å². The van der Waals surface area contributed by atoms with E-state index in [1.807, 2.05) is 7.05 Å². The third-order valence-electron chi connectivity index (χ3n) is 3.74. The normalized spacial score (nSPS) is 20.9. The van der Waals surface area contributed by atoms with Crippen molar-refractivity contribution in [2.75, 3.05) is 27.2 Å². The van der Waals surface area contributed by atoms with Gasteiger partial charge in [0, 0.05) is 32.7 Å². The summed E-state index contributed by atoms with van der Waals surface area (Å²) in [4.78, 5) is 6.57. The summed E-state index contributed by atoms with van der Waals surface area (Å²) in [5.74, 6) is 1.71. The summed E-state index contributed by atoms with van der Waals surface area (Å²) in [6.07, 6.45) is 1.26. The van der Waals surface area contributed by atoms with E-state index in [4.69, 9.17) is 0 Å². The van der Waals surface area contributed by atoms with E-state index in [-0.39, 0.29) is 24.0 Å². The minimum absolute atomic E-state index is 0. The van der Waals surface area contributed by atoms with Crippen molar-refractivity contribution in [1.82, 2.24) is 15.5 Å². The number of nitrogens with zero attached hydrogens (tertiary/aromatic N) is 2. The van der Waals surface area contributed by atoms with Crippen LogP contribution in [0.1, 0.15) is 18.9 Å². The first-order chi connectivity index (χ1) is 9.69. The van der Waals surface area contributed by atoms with Gasteiger partial charge in [0.2, 0.25) is 0 Å². The molecule has 0 amide bonds. The summed E-state index contributed by atoms with van der Waals surface area (Å²) >= 11 is 0. The van der Waals surface area contributed by atoms with E-state index >= 15 is 0 Å². The van der Waals surface area contributed by atoms with Gasteiger partial charge in [-0.2, -0.15) is 0 Å². The summed E-state index contributed by atoms with van der Waals surface area (Å²) in [5.41, 5.74) is 1.35. The molecular formula is C16H27IN4. The zero-order valence-electron chi connectivity index (χ0n) is 13.2. The summed E-state index contributed by atoms with van der Waals surface area (Å²) in [7, 11) is 3.98. The Balaban J connectivity index is 0.00000220. The van der Waals surface area contributed by atoms with Crippen molar-refractivity contribution in [2.24, 2.45) is 10.9 Å². The van der Waals surface area contributed by atoms with Crippen LogP contribution in [0.5, 0.6) is 0 Å². The third kappa shape index (κ3) is 6.65. The molecule has 0 heterocycles. The SMILES string of the molecule is CN=C(NCCN(C)Cc1ccccc1)NC1CC1C.I. The van der Waals surface area contributed by atoms with E-state index < -0.39 is 0 Å². The number of halogens is 1. The highest BCUT2D eigenvalue weighted by molar-refractivity contribution is 14.0. The minimum Gasteiger partial charge on any atom is -0.355 e. The van der Waals surface area contributed by atoms with E-state index in [1.54, 1.807) is 0 Å². The number of hydrogen-bond donors (Lipinski definition) is 2. The molecule has 1 fully saturated rings. The van der Waals surface area contributed by atoms with Gasteiger partial charge >= 0.3 is 0 Å². The first-order valence-corrected chi connectivity index (χ1v) is 7.38. The summed E-state index contributed by atoms with van der Waals surface area (Å²) in [5, 5.41) is 6.81. The molecule has 0 spiro atoms. The molecular weight excluding hydrogens is 375 g/mol. The van der Waals surface area contributed by atoms with Crippen molar-refractivity contribution in [3.63, 3.8) is 0 Å². The van der Waals surface area contributed by atoms with Crippen LogP contribution < -0.4 is 10.6 Å². The zero-order chi connectivity index (χ0) is 14.4. The average molecular weight is 402 g/mol. The maximum Gasteiger partial charge on any atom is 0.191 e. The number of rotatable bonds is 6. The highest BCUT2D eigenvalue weighted by Gasteiger charge is 2.33. The van der Waals surface area contributed by atoms with Gasteiger partial charge in [-0.3, -0.25) is 4.99 Å². The first kappa shape index (κ1) is 18.2. The predicted molar refractivity (Wildman–Crippen MR) is 100 cm³/mol. The van der Waals surface area contributed by atoms with E-state index in [0.717, 1.165) is 31.5 Å². The highest BCUT2D eigenvalue weighted by atomic mass is 127. The van der Waals surface area contributed by atoms with Crippen molar-refractivity contribution in [3.8, 4) is 0 Å². The van der Waals surface area contributed by atoms with E-state index in [1.165, 1.54) is 12.0 Å². The lowest BCUT2D eigenvalue weighted by Gasteiger charge is -2.18. The lowest BCUT2D eigenvalue weighted by molar-refractivity contribution is 0.331. The molecule has 2 atom stereocenters. The Morgan fingerprint density at radius 2 is 2.00 bits per heavy atom. The standard InChI is InChI=1S/C16H26N4.HI/c1-13-11-15(13)19-16(17-2)18-9-10-20(3)12-14-7-5-4-6-8-14;/h4-8,13,15H,9-12H2,1-3H3,(H2,17,18,19);1H. The molecule has 5 heteroatoms. The van der Waals surface area contributed by atoms with Gasteiger partial charge < -0.3 is 15.5 Å². The Labute approximate surface area is 145 Å². The zero-order valence-corrected chi connectivity index (χ0v) is 15.5. The maximum absolute atomic E-state index is 4.26. The summed E-state index contributed by atoms with van der Waals surface area (Å²) in [6, 6.07) is 11.2. The number of guanidine groups is 1. The molecule has 0 saturated heterocycles. The smallest absolute Gasteiger partial charge is 0.191 e. The first-order valence-electron chi connectivity index (χ1n) is 7.38. The van der Waals surface area contributed by atoms with Gasteiger partial charge in [-0.05, 0) is 24.9 Å². The van der Waals surface area contributed by atoms with Gasteiger partial charge in [-0.1, -0.05) is 37.3 Å². The number of nitrogens with one attached hydrogen (secondary N) is 2. The predicted octanol–water partition coefficient (Wildman–Crippen LogP) is 2.31. The molecule has 21 heavy (non-hydrogen) atoms. The molecule has 1 aliphatic carbocycles. The van der Waals surface area contributed by atoms with Crippen LogP contribution in [0.3, 0.4) is 0 Å². The van der Waals surface area contributed by atoms with E-state index in [2.05, 4.69) is 64.8 Å². The molecule has 1 saturated carbocycles. The Hall–Kier alpha value is -0.820. The Bertz CT molecular complexity index is 435. The Kier molecular flexibility index (Phi) is 8.03. The van der Waals surface area contributed by atoms with Crippen LogP contribution in [0.15, 0.2) is 35.3 Å². The van der Waals surface area contributed by atoms with Crippen molar-refractivity contribution in [2.45, 2.75) is 25.9 Å². The quantitative estimate of drug-likeness (QED) is 0.436. The van der Waals surface area contributed by atoms with Crippen molar-refractivity contribution >= 4 is 29.9 Å². The van der Waals surface area contributed by atoms with Crippen molar-refractivity contribution < 1.29 is 0 Å². The van der Waals surface area contributed by atoms with Crippen molar-refractivity contribution in [3.05, 3.63) is 35.9 Å². The van der Waals surface area contributed by atoms with Gasteiger partial charge in [-0.25, -0.2) is 0 Å². The lowest BCUT2D eigenvalue weighted by atomic mass is 10.2. The molecule has 2 unspecified atom stereocenters. The van der Waals surface area contributed by atoms with Crippen LogP contribution in [0.4, 0.5) is 0 Å². The van der Waals surface area contributed by atoms with Crippen molar-refractivity contribution in [1.29, 1.82) is 0 Å². The van der Waals surface area contributed by atoms with Crippen LogP contribution in [0.25, 0.3) is 0 Å². The van der Waals surface area contributed by atoms with Gasteiger partial charge in [0.15, 0.2) is 5.96 Å². The second-order valence-electron chi connectivity index (χ2n) is 5.69. The Morgan fingerprint density at radius 1 is 1.33 bits per heavy atom. The fraction of sp³-hybridized carbons (Fsp3) is 0.562. The molecule has 118 valence electrons. The molecule has 1 aliphatic rings. The van der Waals surface area contributed by atoms with Gasteiger partial charge in [-0.15, -0.1) is 24.0 Å². The molecule has 2 N–H and O–H groups in total. The largest absolute Gasteiger partial charge is 0.355 e. The molecule has 2 rings (SSSR count). The maximum atomic E-state index is 4.26. The molecule has 0 bridgehead atoms. The number of hydrogen-bond acceptors (Lipinski definition) is 2. The van der Waals surface area contributed by atoms with Crippen LogP contribution in [-0.2, 0) is 6.54 Å². The second-order valence-corrected chi connectivity index (χ2v) is 5.69. The third-order valence-corrected chi connectivity index (χ3v) is 3.74. The monoisotopic (exact) mass is 402 g/mol. The average Bonchev–Trinajstić information content (AvgIpc) is 3.14. The molecule has 1 aromatic rings. The van der Waals surface area contributed by atoms with Gasteiger partial charge in [0.1, 0.15) is 0 Å². The molecule has 0 aliphatic heterocycles. The fourth-order valence-corrected chi connectivity index (χ4v) is 2.23. The van der Waals surface area contributed by atoms with Gasteiger partial charge in [0.05, 0.1) is 0 Å². The Morgan fingerprint density at radius 3 is 2.57 bits per heavy atom. The molecule has 0 radical (unpaired) electrons.